The Morgan fingerprint density at radius 3 is 2.48 bits per heavy atom. The molecule has 4 heterocycles. The van der Waals surface area contributed by atoms with Crippen LogP contribution in [0.1, 0.15) is 95.5 Å². The Morgan fingerprint density at radius 1 is 0.948 bits per heavy atom. The first-order chi connectivity index (χ1) is 28.0. The monoisotopic (exact) mass is 930 g/mol. The van der Waals surface area contributed by atoms with E-state index in [1.165, 1.54) is 4.90 Å². The second-order valence-electron chi connectivity index (χ2n) is 17.2. The zero-order chi connectivity index (χ0) is 40.2. The number of fused-ring (bicyclic) bond motifs is 5. The summed E-state index contributed by atoms with van der Waals surface area (Å²) in [6.45, 7) is 0.0318. The van der Waals surface area contributed by atoms with E-state index in [0.29, 0.717) is 36.4 Å². The first-order valence-corrected chi connectivity index (χ1v) is 25.0. The van der Waals surface area contributed by atoms with E-state index in [4.69, 9.17) is 19.2 Å². The van der Waals surface area contributed by atoms with Crippen LogP contribution in [0.25, 0.3) is 10.9 Å². The number of sulfonamides is 1. The summed E-state index contributed by atoms with van der Waals surface area (Å²) in [7, 11) is -2.22. The molecule has 2 aromatic rings. The number of halogens is 1. The summed E-state index contributed by atoms with van der Waals surface area (Å²) < 4.78 is 45.7. The van der Waals surface area contributed by atoms with E-state index in [0.717, 1.165) is 81.6 Å². The number of amides is 4. The predicted molar refractivity (Wildman–Crippen MR) is 209 cm³/mol. The number of rotatable bonds is 8. The van der Waals surface area contributed by atoms with Gasteiger partial charge in [-0.15, -0.1) is 0 Å². The number of alkyl carbamates (subject to hydrolysis) is 1. The Balaban J connectivity index is 1.07. The van der Waals surface area contributed by atoms with Crippen LogP contribution in [0, 0.1) is 17.8 Å². The van der Waals surface area contributed by atoms with Crippen molar-refractivity contribution in [2.45, 2.75) is 133 Å². The van der Waals surface area contributed by atoms with Crippen LogP contribution in [0.4, 0.5) is 4.79 Å². The van der Waals surface area contributed by atoms with Gasteiger partial charge in [0.25, 0.3) is 0 Å². The Morgan fingerprint density at radius 2 is 1.72 bits per heavy atom. The van der Waals surface area contributed by atoms with Crippen LogP contribution < -0.4 is 46.0 Å². The molecule has 6 fully saturated rings. The molecule has 9 rings (SSSR count). The van der Waals surface area contributed by atoms with Crippen molar-refractivity contribution in [1.29, 1.82) is 0 Å². The molecule has 4 saturated carbocycles. The minimum absolute atomic E-state index is 0.0318. The van der Waals surface area contributed by atoms with Gasteiger partial charge >= 0.3 is 320 Å². The molecule has 0 radical (unpaired) electrons. The normalized spacial score (nSPS) is 32.6. The zero-order valence-electron chi connectivity index (χ0n) is 32.8. The van der Waals surface area contributed by atoms with Crippen molar-refractivity contribution in [3.05, 3.63) is 42.0 Å². The zero-order valence-corrected chi connectivity index (χ0v) is 35.8. The number of allylic oxidation sites excluding steroid dienone is 2. The van der Waals surface area contributed by atoms with E-state index in [2.05, 4.69) is 27.5 Å². The van der Waals surface area contributed by atoms with Gasteiger partial charge in [-0.3, -0.25) is 0 Å². The molecule has 14 nitrogen and oxygen atoms in total. The van der Waals surface area contributed by atoms with Gasteiger partial charge in [0.2, 0.25) is 0 Å². The first-order valence-electron chi connectivity index (χ1n) is 21.1. The van der Waals surface area contributed by atoms with Crippen molar-refractivity contribution in [3.8, 4) is 11.6 Å². The summed E-state index contributed by atoms with van der Waals surface area (Å²) in [5.74, 6) is -0.271. The summed E-state index contributed by atoms with van der Waals surface area (Å²) in [4.78, 5) is 63.7. The van der Waals surface area contributed by atoms with Gasteiger partial charge in [0.05, 0.1) is 0 Å². The third-order valence-electron chi connectivity index (χ3n) is 13.2. The number of ether oxygens (including phenoxy) is 3. The van der Waals surface area contributed by atoms with Gasteiger partial charge in [-0.2, -0.15) is 0 Å². The van der Waals surface area contributed by atoms with E-state index in [1.54, 1.807) is 7.11 Å². The topological polar surface area (TPSA) is 182 Å². The fourth-order valence-corrected chi connectivity index (χ4v) is 15.1. The summed E-state index contributed by atoms with van der Waals surface area (Å²) in [5.41, 5.74) is 1.43. The number of alkyl halides is 2. The van der Waals surface area contributed by atoms with E-state index < -0.39 is 82.0 Å². The van der Waals surface area contributed by atoms with Gasteiger partial charge in [-0.05, 0) is 25.7 Å². The number of methoxy groups -OCH3 is 1. The Hall–Kier alpha value is -3.67. The Kier molecular flexibility index (Phi) is 11.0. The predicted octanol–water partition coefficient (Wildman–Crippen LogP) is 1.24. The van der Waals surface area contributed by atoms with Crippen LogP contribution in [0.3, 0.4) is 0 Å². The molecule has 3 N–H and O–H groups in total. The van der Waals surface area contributed by atoms with Crippen molar-refractivity contribution in [3.63, 3.8) is 0 Å². The molecule has 4 amide bonds. The number of carbonyl (C=O) groups is 4. The number of carbonyl (C=O) groups excluding carboxylic acids is 4. The van der Waals surface area contributed by atoms with Crippen LogP contribution in [-0.2, 0) is 35.6 Å². The molecule has 1 aromatic carbocycles. The van der Waals surface area contributed by atoms with Crippen molar-refractivity contribution >= 4 is 44.7 Å². The average molecular weight is 931 g/mol. The van der Waals surface area contributed by atoms with Gasteiger partial charge in [0, 0.05) is 0 Å². The second kappa shape index (κ2) is 16.1. The quantitative estimate of drug-likeness (QED) is 0.151. The van der Waals surface area contributed by atoms with E-state index in [9.17, 15) is 27.6 Å². The summed E-state index contributed by atoms with van der Waals surface area (Å²) in [6.07, 6.45) is 13.8. The molecular weight excluding hydrogens is 877 g/mol. The van der Waals surface area contributed by atoms with Crippen molar-refractivity contribution in [2.75, 3.05) is 13.7 Å². The Labute approximate surface area is 349 Å². The molecule has 58 heavy (non-hydrogen) atoms. The van der Waals surface area contributed by atoms with Crippen LogP contribution in [0.2, 0.25) is 0 Å². The molecule has 4 aliphatic carbocycles. The van der Waals surface area contributed by atoms with Gasteiger partial charge in [0.1, 0.15) is 0 Å². The molecule has 7 aliphatic rings. The number of hydrogen-bond donors (Lipinski definition) is 3. The average Bonchev–Trinajstić information content (AvgIpc) is 4.17. The SMILES string of the molecule is COc1c2c(nc3ccccc13)O[C@@H]1C[C@@H](C(=O)N[C@]3(C(=O)NS(=O)(=O)C4CC4)[I-][C@H]3C3CC3)N(C1)C(=O)[C@H](C1CCCC1)NC(=O)O[C@@H]1CCC[C@H]1CC/C=C/C2. The molecule has 314 valence electrons. The molecule has 16 heteroatoms. The summed E-state index contributed by atoms with van der Waals surface area (Å²) in [6, 6.07) is 5.70. The number of pyridine rings is 1. The van der Waals surface area contributed by atoms with E-state index in [-0.39, 0.29) is 40.7 Å². The second-order valence-corrected chi connectivity index (χ2v) is 22.8. The maximum absolute atomic E-state index is 15.0. The minimum atomic E-state index is -3.85. The molecule has 0 spiro atoms. The van der Waals surface area contributed by atoms with Gasteiger partial charge in [-0.1, -0.05) is 6.07 Å². The van der Waals surface area contributed by atoms with E-state index in [1.807, 2.05) is 24.3 Å². The molecule has 7 atom stereocenters. The van der Waals surface area contributed by atoms with Gasteiger partial charge in [0.15, 0.2) is 0 Å². The summed E-state index contributed by atoms with van der Waals surface area (Å²) in [5, 5.41) is 6.28. The molecule has 0 unspecified atom stereocenters. The number of para-hydroxylation sites is 1. The molecule has 3 aliphatic heterocycles. The van der Waals surface area contributed by atoms with Crippen LogP contribution in [0.5, 0.6) is 11.6 Å². The molecule has 1 aromatic heterocycles. The number of aromatic nitrogens is 1. The van der Waals surface area contributed by atoms with E-state index >= 15 is 0 Å². The third-order valence-corrected chi connectivity index (χ3v) is 19.4. The van der Waals surface area contributed by atoms with Crippen molar-refractivity contribution in [1.82, 2.24) is 25.2 Å². The fourth-order valence-electron chi connectivity index (χ4n) is 9.72. The number of hydrogen-bond acceptors (Lipinski definition) is 10. The Bertz CT molecular complexity index is 2100. The van der Waals surface area contributed by atoms with Gasteiger partial charge < -0.3 is 0 Å². The van der Waals surface area contributed by atoms with Gasteiger partial charge in [-0.25, -0.2) is 0 Å². The fraction of sp³-hybridized carbons (Fsp3) is 0.643. The number of benzene rings is 1. The standard InChI is InChI=1S/C42H53IN5O9S/c1-55-35-29-14-7-8-16-31(29)44-38-30(35)15-4-2-3-10-24-13-9-17-33(24)57-41(52)45-34(25-11-5-6-12-25)39(50)48-23-27(56-38)22-32(48)37(49)46-42(36(43-42)26-18-19-26)40(51)47-58(53,54)28-20-21-28/h2,4,7-8,14,16,24-28,32-34,36H,3,5-6,9-13,15,17-23H2,1H3,(H,45,52)(H,46,49)(H,47,51)/q-1/b4-2+/t24-,27-,32+,33-,34+,36+,42-/m1/s1. The maximum atomic E-state index is 15.0. The van der Waals surface area contributed by atoms with Crippen molar-refractivity contribution in [2.24, 2.45) is 17.8 Å². The molecule has 2 saturated heterocycles. The van der Waals surface area contributed by atoms with Crippen LogP contribution >= 0.6 is 0 Å². The first kappa shape index (κ1) is 39.8. The number of nitrogens with one attached hydrogen (secondary N) is 3. The van der Waals surface area contributed by atoms with Crippen LogP contribution in [0.15, 0.2) is 36.4 Å². The molecular formula is C42H53IN5O9S-. The third kappa shape index (κ3) is 7.99. The van der Waals surface area contributed by atoms with Crippen molar-refractivity contribution < 1.29 is 63.0 Å². The number of nitrogens with zero attached hydrogens (tertiary/aromatic N) is 2. The molecule has 2 bridgehead atoms. The summed E-state index contributed by atoms with van der Waals surface area (Å²) >= 11 is -0.902. The van der Waals surface area contributed by atoms with Crippen LogP contribution in [-0.4, -0.2) is 92.8 Å².